The number of halogens is 1. The Morgan fingerprint density at radius 2 is 1.81 bits per heavy atom. The number of nitrogens with one attached hydrogen (secondary N) is 3. The van der Waals surface area contributed by atoms with Crippen LogP contribution in [0.25, 0.3) is 0 Å². The number of hydrogen-bond donors (Lipinski definition) is 3. The van der Waals surface area contributed by atoms with Gasteiger partial charge in [0.05, 0.1) is 11.7 Å². The highest BCUT2D eigenvalue weighted by Crippen LogP contribution is 2.31. The van der Waals surface area contributed by atoms with Crippen molar-refractivity contribution in [2.45, 2.75) is 25.8 Å². The maximum absolute atomic E-state index is 13.9. The molecule has 3 rings (SSSR count). The second kappa shape index (κ2) is 7.61. The molecular weight excluding hydrogens is 345 g/mol. The fourth-order valence-electron chi connectivity index (χ4n) is 3.13. The zero-order chi connectivity index (χ0) is 19.6. The van der Waals surface area contributed by atoms with Gasteiger partial charge >= 0.3 is 6.03 Å². The van der Waals surface area contributed by atoms with Crippen molar-refractivity contribution in [2.75, 3.05) is 5.32 Å². The normalized spacial score (nSPS) is 19.4. The van der Waals surface area contributed by atoms with Crippen LogP contribution >= 0.6 is 0 Å². The molecule has 27 heavy (non-hydrogen) atoms. The van der Waals surface area contributed by atoms with Crippen LogP contribution in [0.2, 0.25) is 0 Å². The lowest BCUT2D eigenvalue weighted by atomic mass is 9.87. The van der Waals surface area contributed by atoms with Crippen LogP contribution in [0.3, 0.4) is 0 Å². The molecule has 0 spiro atoms. The van der Waals surface area contributed by atoms with Crippen molar-refractivity contribution >= 4 is 17.6 Å². The molecule has 3 N–H and O–H groups in total. The Morgan fingerprint density at radius 1 is 1.15 bits per heavy atom. The molecule has 0 aromatic heterocycles. The monoisotopic (exact) mass is 367 g/mol. The molecule has 2 aromatic rings. The van der Waals surface area contributed by atoms with Crippen LogP contribution < -0.4 is 16.0 Å². The van der Waals surface area contributed by atoms with Crippen LogP contribution in [0.1, 0.15) is 36.9 Å². The molecule has 6 heteroatoms. The molecule has 1 heterocycles. The summed E-state index contributed by atoms with van der Waals surface area (Å²) in [5.74, 6) is -1.39. The highest BCUT2D eigenvalue weighted by molar-refractivity contribution is 5.97. The van der Waals surface area contributed by atoms with Gasteiger partial charge in [-0.2, -0.15) is 0 Å². The lowest BCUT2D eigenvalue weighted by Gasteiger charge is -2.34. The van der Waals surface area contributed by atoms with Gasteiger partial charge in [0.1, 0.15) is 11.7 Å². The molecule has 2 aromatic carbocycles. The van der Waals surface area contributed by atoms with Crippen molar-refractivity contribution in [1.82, 2.24) is 10.6 Å². The molecule has 2 atom stereocenters. The second-order valence-electron chi connectivity index (χ2n) is 6.87. The van der Waals surface area contributed by atoms with Crippen LogP contribution in [0.4, 0.5) is 14.9 Å². The van der Waals surface area contributed by atoms with E-state index in [0.717, 1.165) is 11.1 Å². The summed E-state index contributed by atoms with van der Waals surface area (Å²) >= 11 is 0. The highest BCUT2D eigenvalue weighted by Gasteiger charge is 2.38. The average molecular weight is 367 g/mol. The minimum absolute atomic E-state index is 0.0844. The van der Waals surface area contributed by atoms with E-state index in [9.17, 15) is 14.0 Å². The summed E-state index contributed by atoms with van der Waals surface area (Å²) in [6.45, 7) is 8.01. The van der Waals surface area contributed by atoms with Gasteiger partial charge in [-0.15, -0.1) is 0 Å². The first-order valence-electron chi connectivity index (χ1n) is 8.78. The Balaban J connectivity index is 1.89. The van der Waals surface area contributed by atoms with Gasteiger partial charge in [-0.1, -0.05) is 56.8 Å². The maximum Gasteiger partial charge on any atom is 0.319 e. The predicted molar refractivity (Wildman–Crippen MR) is 103 cm³/mol. The van der Waals surface area contributed by atoms with Gasteiger partial charge in [-0.3, -0.25) is 4.79 Å². The molecule has 0 radical (unpaired) electrons. The van der Waals surface area contributed by atoms with Gasteiger partial charge < -0.3 is 16.0 Å². The molecule has 1 saturated heterocycles. The fourth-order valence-corrected chi connectivity index (χ4v) is 3.13. The minimum Gasteiger partial charge on any atom is -0.330 e. The van der Waals surface area contributed by atoms with Crippen LogP contribution in [0.5, 0.6) is 0 Å². The lowest BCUT2D eigenvalue weighted by Crippen LogP contribution is -2.51. The van der Waals surface area contributed by atoms with Gasteiger partial charge in [0.25, 0.3) is 0 Å². The number of hydrogen-bond acceptors (Lipinski definition) is 2. The summed E-state index contributed by atoms with van der Waals surface area (Å²) in [6, 6.07) is 12.6. The van der Waals surface area contributed by atoms with Crippen LogP contribution in [0, 0.1) is 11.7 Å². The quantitative estimate of drug-likeness (QED) is 0.762. The smallest absolute Gasteiger partial charge is 0.319 e. The number of carbonyl (C=O) groups is 2. The number of carbonyl (C=O) groups excluding carboxylic acids is 2. The van der Waals surface area contributed by atoms with E-state index in [1.807, 2.05) is 24.3 Å². The highest BCUT2D eigenvalue weighted by atomic mass is 19.1. The number of urea groups is 1. The van der Waals surface area contributed by atoms with Crippen LogP contribution in [-0.2, 0) is 4.79 Å². The summed E-state index contributed by atoms with van der Waals surface area (Å²) in [4.78, 5) is 24.8. The Labute approximate surface area is 157 Å². The van der Waals surface area contributed by atoms with Crippen LogP contribution in [-0.4, -0.2) is 11.9 Å². The molecule has 0 bridgehead atoms. The molecule has 1 aliphatic heterocycles. The summed E-state index contributed by atoms with van der Waals surface area (Å²) in [6.07, 6.45) is 0. The van der Waals surface area contributed by atoms with E-state index in [0.29, 0.717) is 5.92 Å². The summed E-state index contributed by atoms with van der Waals surface area (Å²) in [5, 5.41) is 7.91. The fraction of sp³-hybridized carbons (Fsp3) is 0.238. The van der Waals surface area contributed by atoms with E-state index in [1.54, 1.807) is 12.1 Å². The SMILES string of the molecule is C=C1NC(=O)N[C@H](c2ccc(C(C)C)cc2)[C@H]1C(=O)Nc1ccccc1F. The van der Waals surface area contributed by atoms with Crippen molar-refractivity contribution in [2.24, 2.45) is 5.92 Å². The molecular formula is C21H22FN3O2. The standard InChI is InChI=1S/C21H22FN3O2/c1-12(2)14-8-10-15(11-9-14)19-18(13(3)23-21(27)25-19)20(26)24-17-7-5-4-6-16(17)22/h4-12,18-19H,3H2,1-2H3,(H,24,26)(H2,23,25,27)/t18-,19+/m0/s1. The van der Waals surface area contributed by atoms with E-state index in [4.69, 9.17) is 0 Å². The van der Waals surface area contributed by atoms with Crippen molar-refractivity contribution in [3.05, 3.63) is 77.8 Å². The summed E-state index contributed by atoms with van der Waals surface area (Å²) in [7, 11) is 0. The zero-order valence-corrected chi connectivity index (χ0v) is 15.3. The molecule has 3 amide bonds. The molecule has 0 unspecified atom stereocenters. The maximum atomic E-state index is 13.9. The van der Waals surface area contributed by atoms with Gasteiger partial charge in [-0.25, -0.2) is 9.18 Å². The van der Waals surface area contributed by atoms with Gasteiger partial charge in [0.2, 0.25) is 5.91 Å². The third-order valence-corrected chi connectivity index (χ3v) is 4.65. The Morgan fingerprint density at radius 3 is 2.44 bits per heavy atom. The first-order chi connectivity index (χ1) is 12.9. The summed E-state index contributed by atoms with van der Waals surface area (Å²) < 4.78 is 13.9. The minimum atomic E-state index is -0.785. The van der Waals surface area contributed by atoms with Crippen LogP contribution in [0.15, 0.2) is 60.8 Å². The third kappa shape index (κ3) is 4.00. The van der Waals surface area contributed by atoms with E-state index in [1.165, 1.54) is 12.1 Å². The van der Waals surface area contributed by atoms with E-state index in [2.05, 4.69) is 36.4 Å². The van der Waals surface area contributed by atoms with Gasteiger partial charge in [-0.05, 0) is 29.2 Å². The first kappa shape index (κ1) is 18.6. The molecule has 140 valence electrons. The second-order valence-corrected chi connectivity index (χ2v) is 6.87. The first-order valence-corrected chi connectivity index (χ1v) is 8.78. The largest absolute Gasteiger partial charge is 0.330 e. The van der Waals surface area contributed by atoms with Gasteiger partial charge in [0, 0.05) is 5.70 Å². The molecule has 1 fully saturated rings. The Kier molecular flexibility index (Phi) is 5.26. The number of rotatable bonds is 4. The number of para-hydroxylation sites is 1. The average Bonchev–Trinajstić information content (AvgIpc) is 2.63. The molecule has 0 saturated carbocycles. The molecule has 0 aliphatic carbocycles. The van der Waals surface area contributed by atoms with Crippen molar-refractivity contribution < 1.29 is 14.0 Å². The van der Waals surface area contributed by atoms with E-state index < -0.39 is 29.7 Å². The molecule has 5 nitrogen and oxygen atoms in total. The Hall–Kier alpha value is -3.15. The topological polar surface area (TPSA) is 70.2 Å². The van der Waals surface area contributed by atoms with Crippen molar-refractivity contribution in [3.8, 4) is 0 Å². The predicted octanol–water partition coefficient (Wildman–Crippen LogP) is 4.07. The number of benzene rings is 2. The third-order valence-electron chi connectivity index (χ3n) is 4.65. The van der Waals surface area contributed by atoms with E-state index in [-0.39, 0.29) is 11.4 Å². The molecule has 1 aliphatic rings. The number of amides is 3. The van der Waals surface area contributed by atoms with Crippen molar-refractivity contribution in [1.29, 1.82) is 0 Å². The summed E-state index contributed by atoms with van der Waals surface area (Å²) in [5.41, 5.74) is 2.29. The van der Waals surface area contributed by atoms with Crippen molar-refractivity contribution in [3.63, 3.8) is 0 Å². The zero-order valence-electron chi connectivity index (χ0n) is 15.3. The van der Waals surface area contributed by atoms with E-state index >= 15 is 0 Å². The Bertz CT molecular complexity index is 877. The van der Waals surface area contributed by atoms with Gasteiger partial charge in [0.15, 0.2) is 0 Å². The number of anilines is 1. The lowest BCUT2D eigenvalue weighted by molar-refractivity contribution is -0.119.